The monoisotopic (exact) mass is 481 g/mol. The number of guanidine groups is 1. The van der Waals surface area contributed by atoms with Crippen molar-refractivity contribution in [2.75, 3.05) is 26.2 Å². The number of halogens is 1. The van der Waals surface area contributed by atoms with Crippen LogP contribution >= 0.6 is 24.0 Å². The highest BCUT2D eigenvalue weighted by Crippen LogP contribution is 2.27. The maximum absolute atomic E-state index is 4.94. The number of hydrogen-bond acceptors (Lipinski definition) is 2. The number of rotatable bonds is 5. The quantitative estimate of drug-likeness (QED) is 0.400. The van der Waals surface area contributed by atoms with Gasteiger partial charge in [-0.15, -0.1) is 24.0 Å². The van der Waals surface area contributed by atoms with E-state index in [-0.39, 0.29) is 24.0 Å². The summed E-state index contributed by atoms with van der Waals surface area (Å²) in [5, 5.41) is 7.79. The largest absolute Gasteiger partial charge is 0.357 e. The van der Waals surface area contributed by atoms with E-state index in [0.29, 0.717) is 11.8 Å². The average Bonchev–Trinajstić information content (AvgIpc) is 3.28. The third-order valence-electron chi connectivity index (χ3n) is 5.18. The molecule has 2 atom stereocenters. The summed E-state index contributed by atoms with van der Waals surface area (Å²) in [5.41, 5.74) is 3.99. The van der Waals surface area contributed by atoms with Crippen LogP contribution in [0, 0.1) is 6.92 Å². The maximum Gasteiger partial charge on any atom is 0.193 e. The van der Waals surface area contributed by atoms with Crippen LogP contribution in [0.5, 0.6) is 0 Å². The van der Waals surface area contributed by atoms with E-state index in [0.717, 1.165) is 38.6 Å². The molecule has 0 saturated carbocycles. The first-order valence-electron chi connectivity index (χ1n) is 9.65. The molecule has 0 aliphatic carbocycles. The number of nitrogens with zero attached hydrogens (tertiary/aromatic N) is 4. The molecule has 1 aromatic heterocycles. The van der Waals surface area contributed by atoms with Crippen LogP contribution in [-0.2, 0) is 7.05 Å². The molecule has 0 spiro atoms. The minimum Gasteiger partial charge on any atom is -0.357 e. The molecule has 2 aromatic rings. The Morgan fingerprint density at radius 2 is 2.07 bits per heavy atom. The van der Waals surface area contributed by atoms with Crippen LogP contribution in [-0.4, -0.2) is 46.8 Å². The van der Waals surface area contributed by atoms with E-state index >= 15 is 0 Å². The van der Waals surface area contributed by atoms with Crippen molar-refractivity contribution in [3.8, 4) is 0 Å². The number of aromatic nitrogens is 2. The Balaban J connectivity index is 0.00000261. The van der Waals surface area contributed by atoms with Crippen molar-refractivity contribution in [1.29, 1.82) is 0 Å². The van der Waals surface area contributed by atoms with E-state index in [1.807, 2.05) is 17.9 Å². The molecule has 27 heavy (non-hydrogen) atoms. The first-order valence-corrected chi connectivity index (χ1v) is 9.65. The van der Waals surface area contributed by atoms with Gasteiger partial charge >= 0.3 is 0 Å². The van der Waals surface area contributed by atoms with Gasteiger partial charge < -0.3 is 10.2 Å². The molecule has 0 bridgehead atoms. The van der Waals surface area contributed by atoms with E-state index in [9.17, 15) is 0 Å². The second kappa shape index (κ2) is 10.1. The average molecular weight is 481 g/mol. The van der Waals surface area contributed by atoms with Gasteiger partial charge in [-0.1, -0.05) is 36.8 Å². The second-order valence-electron chi connectivity index (χ2n) is 7.39. The molecule has 0 amide bonds. The van der Waals surface area contributed by atoms with Crippen LogP contribution in [0.4, 0.5) is 0 Å². The number of benzene rings is 1. The molecule has 6 heteroatoms. The van der Waals surface area contributed by atoms with Crippen molar-refractivity contribution in [2.24, 2.45) is 12.0 Å². The minimum atomic E-state index is 0. The lowest BCUT2D eigenvalue weighted by Gasteiger charge is -2.22. The fourth-order valence-corrected chi connectivity index (χ4v) is 3.53. The molecule has 1 aliphatic heterocycles. The molecule has 2 unspecified atom stereocenters. The molecule has 1 fully saturated rings. The summed E-state index contributed by atoms with van der Waals surface area (Å²) in [6.45, 7) is 10.3. The number of likely N-dealkylation sites (tertiary alicyclic amines) is 1. The van der Waals surface area contributed by atoms with E-state index in [4.69, 9.17) is 4.99 Å². The Morgan fingerprint density at radius 1 is 1.33 bits per heavy atom. The van der Waals surface area contributed by atoms with Crippen LogP contribution < -0.4 is 5.32 Å². The third-order valence-corrected chi connectivity index (χ3v) is 5.18. The zero-order chi connectivity index (χ0) is 18.5. The van der Waals surface area contributed by atoms with Crippen molar-refractivity contribution in [1.82, 2.24) is 20.0 Å². The van der Waals surface area contributed by atoms with Crippen molar-refractivity contribution >= 4 is 29.9 Å². The minimum absolute atomic E-state index is 0. The van der Waals surface area contributed by atoms with Gasteiger partial charge in [-0.05, 0) is 31.4 Å². The zero-order valence-corrected chi connectivity index (χ0v) is 19.2. The predicted molar refractivity (Wildman–Crippen MR) is 123 cm³/mol. The maximum atomic E-state index is 4.94. The van der Waals surface area contributed by atoms with Gasteiger partial charge in [-0.2, -0.15) is 5.10 Å². The highest BCUT2D eigenvalue weighted by Gasteiger charge is 2.27. The Labute approximate surface area is 180 Å². The van der Waals surface area contributed by atoms with Gasteiger partial charge in [0, 0.05) is 51.3 Å². The molecular weight excluding hydrogens is 449 g/mol. The number of hydrogen-bond donors (Lipinski definition) is 1. The standard InChI is InChI=1S/C21H31N5.HI/c1-5-22-21(23-12-17(3)18-8-6-16(2)7-9-18)26-11-10-19(15-26)20-13-24-25(4)14-20;/h6-9,13-14,17,19H,5,10-12,15H2,1-4H3,(H,22,23);1H. The Kier molecular flexibility index (Phi) is 8.13. The lowest BCUT2D eigenvalue weighted by molar-refractivity contribution is 0.485. The van der Waals surface area contributed by atoms with Crippen LogP contribution in [0.3, 0.4) is 0 Å². The number of nitrogens with one attached hydrogen (secondary N) is 1. The van der Waals surface area contributed by atoms with Crippen LogP contribution in [0.1, 0.15) is 48.8 Å². The molecule has 0 radical (unpaired) electrons. The van der Waals surface area contributed by atoms with Crippen LogP contribution in [0.2, 0.25) is 0 Å². The summed E-state index contributed by atoms with van der Waals surface area (Å²) >= 11 is 0. The lowest BCUT2D eigenvalue weighted by atomic mass is 10.0. The smallest absolute Gasteiger partial charge is 0.193 e. The summed E-state index contributed by atoms with van der Waals surface area (Å²) in [6.07, 6.45) is 5.29. The first-order chi connectivity index (χ1) is 12.6. The van der Waals surface area contributed by atoms with Gasteiger partial charge in [-0.25, -0.2) is 0 Å². The van der Waals surface area contributed by atoms with Gasteiger partial charge in [0.1, 0.15) is 0 Å². The molecule has 5 nitrogen and oxygen atoms in total. The summed E-state index contributed by atoms with van der Waals surface area (Å²) in [4.78, 5) is 7.33. The topological polar surface area (TPSA) is 45.5 Å². The van der Waals surface area contributed by atoms with Crippen molar-refractivity contribution in [3.05, 3.63) is 53.3 Å². The Morgan fingerprint density at radius 3 is 2.70 bits per heavy atom. The molecular formula is C21H32IN5. The van der Waals surface area contributed by atoms with Crippen molar-refractivity contribution in [2.45, 2.75) is 39.0 Å². The van der Waals surface area contributed by atoms with E-state index < -0.39 is 0 Å². The zero-order valence-electron chi connectivity index (χ0n) is 16.9. The SMILES string of the molecule is CCNC(=NCC(C)c1ccc(C)cc1)N1CCC(c2cnn(C)c2)C1.I. The van der Waals surface area contributed by atoms with E-state index in [1.54, 1.807) is 0 Å². The van der Waals surface area contributed by atoms with Crippen LogP contribution in [0.15, 0.2) is 41.7 Å². The van der Waals surface area contributed by atoms with E-state index in [2.05, 4.69) is 66.5 Å². The Bertz CT molecular complexity index is 737. The fourth-order valence-electron chi connectivity index (χ4n) is 3.53. The van der Waals surface area contributed by atoms with E-state index in [1.165, 1.54) is 16.7 Å². The molecule has 148 valence electrons. The highest BCUT2D eigenvalue weighted by atomic mass is 127. The van der Waals surface area contributed by atoms with Gasteiger partial charge in [0.25, 0.3) is 0 Å². The lowest BCUT2D eigenvalue weighted by Crippen LogP contribution is -2.40. The van der Waals surface area contributed by atoms with Crippen LogP contribution in [0.25, 0.3) is 0 Å². The van der Waals surface area contributed by atoms with Gasteiger partial charge in [-0.3, -0.25) is 9.67 Å². The Hall–Kier alpha value is -1.57. The molecule has 1 saturated heterocycles. The number of aryl methyl sites for hydroxylation is 2. The van der Waals surface area contributed by atoms with Crippen molar-refractivity contribution in [3.63, 3.8) is 0 Å². The third kappa shape index (κ3) is 5.70. The molecule has 3 rings (SSSR count). The normalized spacial score (nSPS) is 18.3. The summed E-state index contributed by atoms with van der Waals surface area (Å²) < 4.78 is 1.89. The van der Waals surface area contributed by atoms with Gasteiger partial charge in [0.15, 0.2) is 5.96 Å². The summed E-state index contributed by atoms with van der Waals surface area (Å²) in [7, 11) is 1.98. The number of aliphatic imine (C=N–C) groups is 1. The first kappa shape index (κ1) is 21.7. The summed E-state index contributed by atoms with van der Waals surface area (Å²) in [5.74, 6) is 2.00. The molecule has 1 aromatic carbocycles. The molecule has 2 heterocycles. The van der Waals surface area contributed by atoms with Gasteiger partial charge in [0.05, 0.1) is 6.20 Å². The fraction of sp³-hybridized carbons (Fsp3) is 0.524. The molecule has 1 N–H and O–H groups in total. The predicted octanol–water partition coefficient (Wildman–Crippen LogP) is 3.91. The summed E-state index contributed by atoms with van der Waals surface area (Å²) in [6, 6.07) is 8.80. The van der Waals surface area contributed by atoms with Crippen molar-refractivity contribution < 1.29 is 0 Å². The highest BCUT2D eigenvalue weighted by molar-refractivity contribution is 14.0. The second-order valence-corrected chi connectivity index (χ2v) is 7.39. The molecule has 1 aliphatic rings. The van der Waals surface area contributed by atoms with Gasteiger partial charge in [0.2, 0.25) is 0 Å².